The molecule has 0 aliphatic carbocycles. The Bertz CT molecular complexity index is 360. The molecule has 7 nitrogen and oxygen atoms in total. The number of aldehydes is 1. The summed E-state index contributed by atoms with van der Waals surface area (Å²) in [5.74, 6) is 4.75. The summed E-state index contributed by atoms with van der Waals surface area (Å²) in [5.41, 5.74) is 5.71. The maximum atomic E-state index is 12.1. The normalized spacial score (nSPS) is 15.2. The molecule has 5 N–H and O–H groups in total. The predicted molar refractivity (Wildman–Crippen MR) is 80.8 cm³/mol. The number of carbonyl (C=O) groups is 3. The standard InChI is InChI=1S/C14H28N4O3/c1-5-6-7-11(8-19)18(16)14(21)10(4)17-13(20)12(15)9(2)3/h8-12H,5-7,15-16H2,1-4H3,(H,17,20)/t10-,11-,12-/m0/s1. The highest BCUT2D eigenvalue weighted by Crippen LogP contribution is 2.06. The highest BCUT2D eigenvalue weighted by Gasteiger charge is 2.27. The second-order valence-corrected chi connectivity index (χ2v) is 5.59. The molecule has 0 spiro atoms. The molecule has 0 aromatic rings. The van der Waals surface area contributed by atoms with Gasteiger partial charge in [0.2, 0.25) is 5.91 Å². The van der Waals surface area contributed by atoms with Crippen molar-refractivity contribution in [2.45, 2.75) is 65.1 Å². The molecule has 0 aromatic heterocycles. The molecule has 0 rings (SSSR count). The smallest absolute Gasteiger partial charge is 0.259 e. The fourth-order valence-electron chi connectivity index (χ4n) is 1.75. The van der Waals surface area contributed by atoms with Crippen molar-refractivity contribution in [2.24, 2.45) is 17.5 Å². The van der Waals surface area contributed by atoms with Gasteiger partial charge in [-0.3, -0.25) is 14.6 Å². The average Bonchev–Trinajstić information content (AvgIpc) is 2.45. The van der Waals surface area contributed by atoms with Crippen LogP contribution < -0.4 is 16.9 Å². The number of amides is 2. The van der Waals surface area contributed by atoms with Gasteiger partial charge >= 0.3 is 0 Å². The van der Waals surface area contributed by atoms with Crippen LogP contribution in [-0.2, 0) is 14.4 Å². The van der Waals surface area contributed by atoms with Gasteiger partial charge in [0.25, 0.3) is 5.91 Å². The van der Waals surface area contributed by atoms with E-state index in [9.17, 15) is 14.4 Å². The van der Waals surface area contributed by atoms with E-state index >= 15 is 0 Å². The lowest BCUT2D eigenvalue weighted by Crippen LogP contribution is -2.56. The zero-order valence-electron chi connectivity index (χ0n) is 13.3. The third-order valence-corrected chi connectivity index (χ3v) is 3.37. The number of carbonyl (C=O) groups excluding carboxylic acids is 3. The van der Waals surface area contributed by atoms with Crippen LogP contribution in [0.2, 0.25) is 0 Å². The minimum Gasteiger partial charge on any atom is -0.343 e. The molecule has 0 heterocycles. The highest BCUT2D eigenvalue weighted by atomic mass is 16.2. The molecule has 0 aliphatic heterocycles. The summed E-state index contributed by atoms with van der Waals surface area (Å²) in [6.45, 7) is 7.15. The zero-order valence-corrected chi connectivity index (χ0v) is 13.3. The molecule has 0 saturated carbocycles. The highest BCUT2D eigenvalue weighted by molar-refractivity contribution is 5.90. The van der Waals surface area contributed by atoms with Crippen molar-refractivity contribution in [1.82, 2.24) is 10.3 Å². The van der Waals surface area contributed by atoms with Crippen molar-refractivity contribution < 1.29 is 14.4 Å². The Balaban J connectivity index is 4.61. The predicted octanol–water partition coefficient (Wildman–Crippen LogP) is -0.0656. The second kappa shape index (κ2) is 9.46. The molecule has 2 amide bonds. The molecule has 0 saturated heterocycles. The lowest BCUT2D eigenvalue weighted by Gasteiger charge is -2.27. The quantitative estimate of drug-likeness (QED) is 0.238. The van der Waals surface area contributed by atoms with Crippen LogP contribution in [0.3, 0.4) is 0 Å². The van der Waals surface area contributed by atoms with E-state index in [4.69, 9.17) is 11.6 Å². The lowest BCUT2D eigenvalue weighted by atomic mass is 10.0. The molecule has 0 radical (unpaired) electrons. The molecule has 0 unspecified atom stereocenters. The van der Waals surface area contributed by atoms with E-state index in [1.807, 2.05) is 20.8 Å². The summed E-state index contributed by atoms with van der Waals surface area (Å²) in [6, 6.07) is -2.18. The van der Waals surface area contributed by atoms with E-state index in [0.717, 1.165) is 17.9 Å². The Morgan fingerprint density at radius 3 is 2.29 bits per heavy atom. The molecule has 0 aromatic carbocycles. The van der Waals surface area contributed by atoms with Crippen LogP contribution in [0.1, 0.15) is 47.0 Å². The van der Waals surface area contributed by atoms with E-state index in [1.165, 1.54) is 6.92 Å². The molecule has 3 atom stereocenters. The van der Waals surface area contributed by atoms with E-state index in [-0.39, 0.29) is 5.92 Å². The van der Waals surface area contributed by atoms with Crippen LogP contribution in [0.15, 0.2) is 0 Å². The SMILES string of the molecule is CCCC[C@@H](C=O)N(N)C(=O)[C@H](C)NC(=O)[C@@H](N)C(C)C. The van der Waals surface area contributed by atoms with Gasteiger partial charge in [-0.2, -0.15) is 0 Å². The van der Waals surface area contributed by atoms with Crippen molar-refractivity contribution in [3.8, 4) is 0 Å². The summed E-state index contributed by atoms with van der Waals surface area (Å²) in [5, 5.41) is 3.42. The van der Waals surface area contributed by atoms with Gasteiger partial charge in [0.05, 0.1) is 6.04 Å². The van der Waals surface area contributed by atoms with Crippen molar-refractivity contribution >= 4 is 18.1 Å². The monoisotopic (exact) mass is 300 g/mol. The molecular weight excluding hydrogens is 272 g/mol. The molecule has 122 valence electrons. The largest absolute Gasteiger partial charge is 0.343 e. The summed E-state index contributed by atoms with van der Waals surface area (Å²) >= 11 is 0. The lowest BCUT2D eigenvalue weighted by molar-refractivity contribution is -0.140. The number of nitrogens with one attached hydrogen (secondary N) is 1. The van der Waals surface area contributed by atoms with Gasteiger partial charge < -0.3 is 15.8 Å². The van der Waals surface area contributed by atoms with Crippen molar-refractivity contribution in [1.29, 1.82) is 0 Å². The number of hydrogen-bond acceptors (Lipinski definition) is 5. The van der Waals surface area contributed by atoms with E-state index in [0.29, 0.717) is 12.7 Å². The van der Waals surface area contributed by atoms with Crippen molar-refractivity contribution in [2.75, 3.05) is 0 Å². The van der Waals surface area contributed by atoms with Crippen LogP contribution in [0.5, 0.6) is 0 Å². The Hall–Kier alpha value is -1.47. The zero-order chi connectivity index (χ0) is 16.6. The topological polar surface area (TPSA) is 119 Å². The molecular formula is C14H28N4O3. The Kier molecular flexibility index (Phi) is 8.80. The van der Waals surface area contributed by atoms with Crippen LogP contribution in [0.25, 0.3) is 0 Å². The fraction of sp³-hybridized carbons (Fsp3) is 0.786. The number of unbranched alkanes of at least 4 members (excludes halogenated alkanes) is 1. The molecule has 0 bridgehead atoms. The first kappa shape index (κ1) is 19.5. The first-order valence-corrected chi connectivity index (χ1v) is 7.35. The van der Waals surface area contributed by atoms with E-state index < -0.39 is 29.9 Å². The number of hydrogen-bond donors (Lipinski definition) is 3. The molecule has 7 heteroatoms. The Labute approximate surface area is 126 Å². The molecule has 21 heavy (non-hydrogen) atoms. The van der Waals surface area contributed by atoms with Crippen LogP contribution in [0.4, 0.5) is 0 Å². The second-order valence-electron chi connectivity index (χ2n) is 5.59. The number of nitrogens with two attached hydrogens (primary N) is 2. The minimum absolute atomic E-state index is 0.0337. The first-order chi connectivity index (χ1) is 9.76. The van der Waals surface area contributed by atoms with Gasteiger partial charge in [0.15, 0.2) is 0 Å². The number of hydrazine groups is 1. The Morgan fingerprint density at radius 2 is 1.86 bits per heavy atom. The van der Waals surface area contributed by atoms with Gasteiger partial charge in [-0.15, -0.1) is 0 Å². The van der Waals surface area contributed by atoms with E-state index in [2.05, 4.69) is 5.32 Å². The maximum absolute atomic E-state index is 12.1. The first-order valence-electron chi connectivity index (χ1n) is 7.35. The van der Waals surface area contributed by atoms with Gasteiger partial charge in [0, 0.05) is 0 Å². The van der Waals surface area contributed by atoms with E-state index in [1.54, 1.807) is 0 Å². The Morgan fingerprint density at radius 1 is 1.29 bits per heavy atom. The summed E-state index contributed by atoms with van der Waals surface area (Å²) in [4.78, 5) is 35.0. The van der Waals surface area contributed by atoms with Crippen molar-refractivity contribution in [3.63, 3.8) is 0 Å². The molecule has 0 fully saturated rings. The summed E-state index contributed by atoms with van der Waals surface area (Å²) < 4.78 is 0. The average molecular weight is 300 g/mol. The van der Waals surface area contributed by atoms with Crippen LogP contribution >= 0.6 is 0 Å². The summed E-state index contributed by atoms with van der Waals surface area (Å²) in [6.07, 6.45) is 2.86. The van der Waals surface area contributed by atoms with Gasteiger partial charge in [-0.05, 0) is 19.3 Å². The maximum Gasteiger partial charge on any atom is 0.259 e. The third-order valence-electron chi connectivity index (χ3n) is 3.37. The van der Waals surface area contributed by atoms with Crippen LogP contribution in [0, 0.1) is 5.92 Å². The van der Waals surface area contributed by atoms with Gasteiger partial charge in [0.1, 0.15) is 18.4 Å². The van der Waals surface area contributed by atoms with Crippen molar-refractivity contribution in [3.05, 3.63) is 0 Å². The van der Waals surface area contributed by atoms with Crippen LogP contribution in [-0.4, -0.2) is 41.2 Å². The minimum atomic E-state index is -0.823. The summed E-state index contributed by atoms with van der Waals surface area (Å²) in [7, 11) is 0. The number of nitrogens with zero attached hydrogens (tertiary/aromatic N) is 1. The fourth-order valence-corrected chi connectivity index (χ4v) is 1.75. The van der Waals surface area contributed by atoms with Gasteiger partial charge in [-0.1, -0.05) is 33.6 Å². The molecule has 0 aliphatic rings. The van der Waals surface area contributed by atoms with Gasteiger partial charge in [-0.25, -0.2) is 5.84 Å². The number of rotatable bonds is 9. The third kappa shape index (κ3) is 6.22.